The van der Waals surface area contributed by atoms with Crippen molar-refractivity contribution >= 4 is 17.4 Å². The fraction of sp³-hybridized carbons (Fsp3) is 0.167. The van der Waals surface area contributed by atoms with Gasteiger partial charge in [0.15, 0.2) is 11.5 Å². The quantitative estimate of drug-likeness (QED) is 0.637. The van der Waals surface area contributed by atoms with Gasteiger partial charge in [-0.25, -0.2) is 0 Å². The summed E-state index contributed by atoms with van der Waals surface area (Å²) in [6.07, 6.45) is 0.604. The molecule has 2 aromatic carbocycles. The second kappa shape index (κ2) is 7.91. The molecule has 1 unspecified atom stereocenters. The minimum Gasteiger partial charge on any atom is -0.506 e. The third-order valence-corrected chi connectivity index (χ3v) is 5.16. The maximum atomic E-state index is 13.1. The van der Waals surface area contributed by atoms with Crippen LogP contribution in [0.1, 0.15) is 29.5 Å². The average Bonchev–Trinajstić information content (AvgIpc) is 3.29. The van der Waals surface area contributed by atoms with Crippen molar-refractivity contribution in [2.24, 2.45) is 0 Å². The number of aliphatic hydroxyl groups is 1. The molecule has 0 radical (unpaired) electrons. The second-order valence-electron chi connectivity index (χ2n) is 7.19. The van der Waals surface area contributed by atoms with Crippen LogP contribution in [0.25, 0.3) is 0 Å². The van der Waals surface area contributed by atoms with Crippen molar-refractivity contribution in [2.75, 3.05) is 4.90 Å². The number of phenols is 1. The number of benzene rings is 2. The van der Waals surface area contributed by atoms with Gasteiger partial charge in [0.25, 0.3) is 5.91 Å². The Bertz CT molecular complexity index is 1130. The summed E-state index contributed by atoms with van der Waals surface area (Å²) in [7, 11) is 0. The van der Waals surface area contributed by atoms with Gasteiger partial charge in [-0.2, -0.15) is 0 Å². The van der Waals surface area contributed by atoms with Gasteiger partial charge in [0, 0.05) is 6.42 Å². The first-order valence-corrected chi connectivity index (χ1v) is 9.65. The maximum absolute atomic E-state index is 13.1. The zero-order valence-corrected chi connectivity index (χ0v) is 16.4. The van der Waals surface area contributed by atoms with E-state index in [1.807, 2.05) is 30.3 Å². The summed E-state index contributed by atoms with van der Waals surface area (Å²) >= 11 is 0. The number of carbonyl (C=O) groups excluding carboxylic acids is 2. The molecule has 6 heteroatoms. The van der Waals surface area contributed by atoms with Crippen molar-refractivity contribution in [1.82, 2.24) is 0 Å². The Morgan fingerprint density at radius 1 is 1.00 bits per heavy atom. The second-order valence-corrected chi connectivity index (χ2v) is 7.19. The van der Waals surface area contributed by atoms with E-state index in [-0.39, 0.29) is 29.2 Å². The molecule has 4 rings (SSSR count). The standard InChI is InChI=1S/C24H21NO5/c1-15-11-14-20(30-15)22-21(19(27)13-12-16-7-3-2-4-8-16)23(28)24(29)25(22)17-9-5-6-10-18(17)26/h2-11,14,22,26,28H,12-13H2,1H3. The molecule has 0 bridgehead atoms. The van der Waals surface area contributed by atoms with Crippen LogP contribution in [0.15, 0.2) is 82.5 Å². The van der Waals surface area contributed by atoms with E-state index in [9.17, 15) is 19.8 Å². The normalized spacial score (nSPS) is 16.4. The molecule has 2 heterocycles. The number of aryl methyl sites for hydroxylation is 2. The van der Waals surface area contributed by atoms with Crippen LogP contribution in [0.3, 0.4) is 0 Å². The van der Waals surface area contributed by atoms with Crippen LogP contribution in [0.2, 0.25) is 0 Å². The molecule has 0 fully saturated rings. The molecule has 152 valence electrons. The van der Waals surface area contributed by atoms with Crippen molar-refractivity contribution in [3.63, 3.8) is 0 Å². The van der Waals surface area contributed by atoms with Gasteiger partial charge < -0.3 is 14.6 Å². The highest BCUT2D eigenvalue weighted by molar-refractivity contribution is 6.16. The van der Waals surface area contributed by atoms with Crippen LogP contribution in [0.4, 0.5) is 5.69 Å². The lowest BCUT2D eigenvalue weighted by Gasteiger charge is -2.25. The largest absolute Gasteiger partial charge is 0.506 e. The minimum atomic E-state index is -0.956. The topological polar surface area (TPSA) is 91.0 Å². The van der Waals surface area contributed by atoms with Crippen LogP contribution in [0, 0.1) is 6.92 Å². The van der Waals surface area contributed by atoms with E-state index in [1.54, 1.807) is 37.3 Å². The molecule has 0 aliphatic carbocycles. The van der Waals surface area contributed by atoms with E-state index in [0.717, 1.165) is 5.56 Å². The molecule has 0 saturated carbocycles. The molecular formula is C24H21NO5. The number of carbonyl (C=O) groups is 2. The fourth-order valence-corrected chi connectivity index (χ4v) is 3.71. The van der Waals surface area contributed by atoms with Crippen LogP contribution in [-0.2, 0) is 16.0 Å². The SMILES string of the molecule is Cc1ccc(C2C(C(=O)CCc3ccccc3)=C(O)C(=O)N2c2ccccc2O)o1. The van der Waals surface area contributed by atoms with E-state index >= 15 is 0 Å². The highest BCUT2D eigenvalue weighted by atomic mass is 16.3. The van der Waals surface area contributed by atoms with Gasteiger partial charge >= 0.3 is 0 Å². The van der Waals surface area contributed by atoms with Gasteiger partial charge in [-0.15, -0.1) is 0 Å². The van der Waals surface area contributed by atoms with Crippen molar-refractivity contribution in [3.05, 3.63) is 95.1 Å². The van der Waals surface area contributed by atoms with E-state index in [1.165, 1.54) is 11.0 Å². The number of para-hydroxylation sites is 2. The highest BCUT2D eigenvalue weighted by Crippen LogP contribution is 2.44. The van der Waals surface area contributed by atoms with Crippen molar-refractivity contribution < 1.29 is 24.2 Å². The molecule has 1 aliphatic heterocycles. The smallest absolute Gasteiger partial charge is 0.294 e. The van der Waals surface area contributed by atoms with Gasteiger partial charge in [-0.1, -0.05) is 42.5 Å². The number of aliphatic hydroxyl groups excluding tert-OH is 1. The van der Waals surface area contributed by atoms with Crippen molar-refractivity contribution in [2.45, 2.75) is 25.8 Å². The minimum absolute atomic E-state index is 0.0199. The van der Waals surface area contributed by atoms with Gasteiger partial charge in [0.2, 0.25) is 0 Å². The first-order valence-electron chi connectivity index (χ1n) is 9.65. The Labute approximate surface area is 173 Å². The molecule has 0 saturated heterocycles. The highest BCUT2D eigenvalue weighted by Gasteiger charge is 2.46. The number of hydrogen-bond acceptors (Lipinski definition) is 5. The Morgan fingerprint density at radius 3 is 2.37 bits per heavy atom. The summed E-state index contributed by atoms with van der Waals surface area (Å²) in [6, 6.07) is 18.3. The molecule has 3 aromatic rings. The summed E-state index contributed by atoms with van der Waals surface area (Å²) in [5.41, 5.74) is 1.16. The summed E-state index contributed by atoms with van der Waals surface area (Å²) in [5.74, 6) is -0.894. The van der Waals surface area contributed by atoms with E-state index in [0.29, 0.717) is 17.9 Å². The molecule has 6 nitrogen and oxygen atoms in total. The zero-order valence-electron chi connectivity index (χ0n) is 16.4. The first kappa shape index (κ1) is 19.5. The Balaban J connectivity index is 1.73. The number of amides is 1. The number of aromatic hydroxyl groups is 1. The maximum Gasteiger partial charge on any atom is 0.294 e. The van der Waals surface area contributed by atoms with Gasteiger partial charge in [-0.05, 0) is 43.2 Å². The third kappa shape index (κ3) is 3.48. The number of ketones is 1. The Morgan fingerprint density at radius 2 is 1.70 bits per heavy atom. The third-order valence-electron chi connectivity index (χ3n) is 5.16. The average molecular weight is 403 g/mol. The molecule has 1 amide bonds. The molecule has 0 spiro atoms. The summed E-state index contributed by atoms with van der Waals surface area (Å²) in [6.45, 7) is 1.76. The van der Waals surface area contributed by atoms with E-state index in [4.69, 9.17) is 4.42 Å². The van der Waals surface area contributed by atoms with E-state index in [2.05, 4.69) is 0 Å². The van der Waals surface area contributed by atoms with Crippen molar-refractivity contribution in [3.8, 4) is 5.75 Å². The van der Waals surface area contributed by atoms with Crippen LogP contribution < -0.4 is 4.90 Å². The fourth-order valence-electron chi connectivity index (χ4n) is 3.71. The lowest BCUT2D eigenvalue weighted by molar-refractivity contribution is -0.118. The number of rotatable bonds is 6. The molecule has 1 atom stereocenters. The zero-order chi connectivity index (χ0) is 21.3. The number of anilines is 1. The Hall–Kier alpha value is -3.80. The lowest BCUT2D eigenvalue weighted by Crippen LogP contribution is -2.30. The predicted octanol–water partition coefficient (Wildman–Crippen LogP) is 4.40. The van der Waals surface area contributed by atoms with Crippen LogP contribution in [-0.4, -0.2) is 21.9 Å². The predicted molar refractivity (Wildman–Crippen MR) is 111 cm³/mol. The van der Waals surface area contributed by atoms with Crippen molar-refractivity contribution in [1.29, 1.82) is 0 Å². The summed E-state index contributed by atoms with van der Waals surface area (Å²) in [5, 5.41) is 20.9. The van der Waals surface area contributed by atoms with E-state index < -0.39 is 17.7 Å². The summed E-state index contributed by atoms with van der Waals surface area (Å²) < 4.78 is 5.73. The number of hydrogen-bond donors (Lipinski definition) is 2. The van der Waals surface area contributed by atoms with Crippen LogP contribution >= 0.6 is 0 Å². The molecular weight excluding hydrogens is 382 g/mol. The molecule has 1 aromatic heterocycles. The molecule has 1 aliphatic rings. The monoisotopic (exact) mass is 403 g/mol. The van der Waals surface area contributed by atoms with Gasteiger partial charge in [0.1, 0.15) is 23.3 Å². The number of nitrogens with zero attached hydrogens (tertiary/aromatic N) is 1. The number of Topliss-reactive ketones (excluding diaryl/α,β-unsaturated/α-hetero) is 1. The number of furan rings is 1. The molecule has 2 N–H and O–H groups in total. The van der Waals surface area contributed by atoms with Crippen LogP contribution in [0.5, 0.6) is 5.75 Å². The van der Waals surface area contributed by atoms with Gasteiger partial charge in [-0.3, -0.25) is 14.5 Å². The molecule has 30 heavy (non-hydrogen) atoms. The summed E-state index contributed by atoms with van der Waals surface area (Å²) in [4.78, 5) is 27.3. The first-order chi connectivity index (χ1) is 14.5. The Kier molecular flexibility index (Phi) is 5.14. The lowest BCUT2D eigenvalue weighted by atomic mass is 9.96. The number of phenolic OH excluding ortho intramolecular Hbond substituents is 1. The van der Waals surface area contributed by atoms with Gasteiger partial charge in [0.05, 0.1) is 11.3 Å².